The molecule has 4 saturated heterocycles. The second kappa shape index (κ2) is 57.9. The molecule has 0 unspecified atom stereocenters. The number of aliphatic imine (C=N–C) groups is 2. The zero-order valence-electron chi connectivity index (χ0n) is 86.9. The number of carbonyl (C=O) groups excluding carboxylic acids is 14. The summed E-state index contributed by atoms with van der Waals surface area (Å²) in [7, 11) is 2.94. The molecule has 0 aromatic heterocycles. The van der Waals surface area contributed by atoms with Gasteiger partial charge >= 0.3 is 0 Å². The van der Waals surface area contributed by atoms with Gasteiger partial charge in [0.1, 0.15) is 11.5 Å². The fourth-order valence-corrected chi connectivity index (χ4v) is 19.0. The molecule has 0 aliphatic carbocycles. The Morgan fingerprint density at radius 2 is 0.899 bits per heavy atom. The maximum Gasteiger partial charge on any atom is 0.256 e. The van der Waals surface area contributed by atoms with Crippen LogP contribution in [0.1, 0.15) is 196 Å². The summed E-state index contributed by atoms with van der Waals surface area (Å²) in [6.45, 7) is 32.0. The number of ether oxygens (including phenoxy) is 10. The Balaban J connectivity index is 0.535. The maximum absolute atomic E-state index is 14.5. The normalized spacial score (nSPS) is 17.0. The van der Waals surface area contributed by atoms with Crippen LogP contribution in [0, 0.1) is 25.7 Å². The first-order valence-electron chi connectivity index (χ1n) is 51.0. The Morgan fingerprint density at radius 3 is 1.37 bits per heavy atom. The molecule has 0 radical (unpaired) electrons. The van der Waals surface area contributed by atoms with E-state index in [9.17, 15) is 67.1 Å². The summed E-state index contributed by atoms with van der Waals surface area (Å²) in [4.78, 5) is 214. The number of Topliss-reactive ketones (excluding diaryl/α,β-unsaturated/α-hetero) is 2. The number of nitrogens with one attached hydrogen (secondary N) is 5. The molecule has 0 saturated carbocycles. The lowest BCUT2D eigenvalue weighted by molar-refractivity contribution is -0.135. The number of amides is 12. The van der Waals surface area contributed by atoms with Crippen LogP contribution in [0.5, 0.6) is 34.5 Å². The Kier molecular flexibility index (Phi) is 45.2. The molecular formula is C109H142Br2N14O24. The first-order valence-corrected chi connectivity index (χ1v) is 52.9. The van der Waals surface area contributed by atoms with Gasteiger partial charge in [-0.15, -0.1) is 0 Å². The fourth-order valence-electron chi connectivity index (χ4n) is 18.6. The predicted octanol–water partition coefficient (Wildman–Crippen LogP) is 12.0. The van der Waals surface area contributed by atoms with Crippen molar-refractivity contribution in [3.63, 3.8) is 0 Å². The molecule has 149 heavy (non-hydrogen) atoms. The van der Waals surface area contributed by atoms with E-state index in [2.05, 4.69) is 94.7 Å². The number of hydrogen-bond acceptors (Lipinski definition) is 26. The quantitative estimate of drug-likeness (QED) is 0.0156. The monoisotopic (exact) mass is 2190 g/mol. The summed E-state index contributed by atoms with van der Waals surface area (Å²) in [6.07, 6.45) is 12.2. The second-order valence-corrected chi connectivity index (χ2v) is 39.7. The van der Waals surface area contributed by atoms with Crippen LogP contribution in [0.15, 0.2) is 129 Å². The Morgan fingerprint density at radius 1 is 0.463 bits per heavy atom. The van der Waals surface area contributed by atoms with Gasteiger partial charge in [0.15, 0.2) is 34.6 Å². The lowest BCUT2D eigenvalue weighted by Crippen LogP contribution is -2.47. The second-order valence-electron chi connectivity index (χ2n) is 38.6. The van der Waals surface area contributed by atoms with E-state index in [1.807, 2.05) is 57.5 Å². The van der Waals surface area contributed by atoms with Gasteiger partial charge in [-0.1, -0.05) is 115 Å². The summed E-state index contributed by atoms with van der Waals surface area (Å²) in [5.74, 6) is -3.71. The third-order valence-electron chi connectivity index (χ3n) is 26.6. The van der Waals surface area contributed by atoms with E-state index in [-0.39, 0.29) is 231 Å². The molecule has 6 atom stereocenters. The van der Waals surface area contributed by atoms with Crippen molar-refractivity contribution < 1.29 is 114 Å². The number of anilines is 2. The number of hydrogen-bond donors (Lipinski definition) is 5. The number of likely N-dealkylation sites (tertiary alicyclic amines) is 1. The first-order chi connectivity index (χ1) is 71.6. The highest BCUT2D eigenvalue weighted by Gasteiger charge is 2.43. The van der Waals surface area contributed by atoms with Gasteiger partial charge in [-0.3, -0.25) is 77.1 Å². The van der Waals surface area contributed by atoms with Gasteiger partial charge in [0.05, 0.1) is 182 Å². The Hall–Kier alpha value is -12.8. The van der Waals surface area contributed by atoms with Gasteiger partial charge < -0.3 is 108 Å². The Labute approximate surface area is 887 Å². The Bertz CT molecular complexity index is 5700. The van der Waals surface area contributed by atoms with Crippen molar-refractivity contribution in [1.29, 1.82) is 0 Å². The molecule has 4 aromatic carbocycles. The van der Waals surface area contributed by atoms with Crippen LogP contribution in [0.25, 0.3) is 0 Å². The highest BCUT2D eigenvalue weighted by molar-refractivity contribution is 9.11. The molecular weight excluding hydrogens is 2050 g/mol. The van der Waals surface area contributed by atoms with Crippen molar-refractivity contribution in [2.24, 2.45) is 21.8 Å². The molecule has 40 heteroatoms. The SMILES string of the molecule is C=C1C[C@@H](CC)N(C(=O)c2cc(OC)c(OCCCCCOc3cc4c(cc3C)C(=O)N3CC(=C)C[C@H]3C=N4)cc2NC(=O)CCC(=O)[C@@H](NC(=O)CCOCCOCCNC(=O)CN(CCN(CC(=O)NCCOCCOCCC(=O)N[C@H](C(=O)CCC(=O)N2C[C@@H]3CC(=C)CN3C(=O)c3cc(OC)c(OCCCCCOc4cc5c(cc4C)C(=O)N4CC(=C)C[C@H]4C=N5)cc32)C(C)C)C(=O)/C=C/Br)C(=O)/C=C/Br)C(C)C)C1. The van der Waals surface area contributed by atoms with Gasteiger partial charge in [0, 0.05) is 152 Å². The summed E-state index contributed by atoms with van der Waals surface area (Å²) in [5.41, 5.74) is 8.55. The number of aryl methyl sites for hydroxylation is 2. The van der Waals surface area contributed by atoms with Crippen molar-refractivity contribution in [2.75, 3.05) is 176 Å². The zero-order valence-corrected chi connectivity index (χ0v) is 90.1. The first kappa shape index (κ1) is 117. The number of fused-ring (bicyclic) bond motifs is 6. The number of nitrogens with zero attached hydrogens (tertiary/aromatic N) is 9. The minimum absolute atomic E-state index is 0.0111. The van der Waals surface area contributed by atoms with Crippen molar-refractivity contribution in [2.45, 2.75) is 194 Å². The molecule has 0 bridgehead atoms. The van der Waals surface area contributed by atoms with E-state index in [0.29, 0.717) is 154 Å². The predicted molar refractivity (Wildman–Crippen MR) is 570 cm³/mol. The summed E-state index contributed by atoms with van der Waals surface area (Å²) < 4.78 is 59.1. The van der Waals surface area contributed by atoms with Crippen molar-refractivity contribution >= 4 is 149 Å². The van der Waals surface area contributed by atoms with Gasteiger partial charge in [0.2, 0.25) is 47.3 Å². The smallest absolute Gasteiger partial charge is 0.256 e. The number of unbranched alkanes of at least 4 members (excludes halogenated alkanes) is 4. The summed E-state index contributed by atoms with van der Waals surface area (Å²) >= 11 is 6.21. The molecule has 7 aliphatic rings. The number of benzene rings is 4. The molecule has 12 amide bonds. The van der Waals surface area contributed by atoms with Gasteiger partial charge in [-0.2, -0.15) is 0 Å². The number of methoxy groups -OCH3 is 2. The van der Waals surface area contributed by atoms with E-state index in [0.717, 1.165) is 46.3 Å². The van der Waals surface area contributed by atoms with Crippen molar-refractivity contribution in [3.8, 4) is 34.5 Å². The maximum atomic E-state index is 14.5. The van der Waals surface area contributed by atoms with E-state index >= 15 is 0 Å². The standard InChI is InChI=1S/C109H142Br2N14O24/c1-14-76-47-70(6)61-121(76)108(138)82-53-92(140-12)94(148-37-19-15-17-35-146-90-55-84-80(51-74(90)10)106(136)122-62-71(7)48-77(122)59-114-84)57-86(82)116-96(128)23-21-88(126)104(68(2)3)117-97(129)27-39-142-43-45-144-41-31-112-99(131)66-119(101(133)25-29-110)33-34-120(102(134)26-30-111)67-100(132)113-32-42-145-46-44-143-40-28-98(130)118-105(69(4)5)89(127)22-24-103(135)125-65-79-50-73(9)64-124(79)109(139)83-54-93(141-13)95(58-87(83)125)149-38-20-16-18-36-147-91-56-85-81(52-75(91)11)107(137)123-63-72(8)49-78(123)60-115-85/h25-26,29-30,51-60,68-69,76-79,104-105H,6-9,14-24,27-28,31-50,61-67H2,1-5,10-13H3,(H,112,131)(H,113,132)(H,116,128)(H,117,129)(H,118,130)/b29-25+,30-26+/t76-,77+,78+,79+,104+,105+/m1/s1. The number of rotatable bonds is 60. The van der Waals surface area contributed by atoms with Crippen LogP contribution < -0.4 is 59.9 Å². The van der Waals surface area contributed by atoms with E-state index < -0.39 is 72.4 Å². The number of ketones is 2. The van der Waals surface area contributed by atoms with Crippen LogP contribution in [0.2, 0.25) is 0 Å². The molecule has 4 aromatic rings. The van der Waals surface area contributed by atoms with Crippen LogP contribution >= 0.6 is 31.9 Å². The topological polar surface area (TPSA) is 439 Å². The number of halogens is 2. The van der Waals surface area contributed by atoms with E-state index in [4.69, 9.17) is 47.4 Å². The zero-order chi connectivity index (χ0) is 107. The van der Waals surface area contributed by atoms with Crippen LogP contribution in [-0.2, 0) is 66.9 Å². The van der Waals surface area contributed by atoms with Crippen LogP contribution in [-0.4, -0.2) is 326 Å². The average molecular weight is 2190 g/mol. The van der Waals surface area contributed by atoms with Gasteiger partial charge in [0.25, 0.3) is 23.6 Å². The summed E-state index contributed by atoms with van der Waals surface area (Å²) in [5, 5.41) is 13.9. The van der Waals surface area contributed by atoms with Crippen LogP contribution in [0.3, 0.4) is 0 Å². The van der Waals surface area contributed by atoms with E-state index in [1.165, 1.54) is 51.0 Å². The minimum atomic E-state index is -0.929. The highest BCUT2D eigenvalue weighted by atomic mass is 79.9. The molecule has 38 nitrogen and oxygen atoms in total. The molecule has 7 aliphatic heterocycles. The molecule has 4 fully saturated rings. The van der Waals surface area contributed by atoms with Gasteiger partial charge in [-0.05, 0) is 142 Å². The third kappa shape index (κ3) is 33.4. The third-order valence-corrected chi connectivity index (χ3v) is 27.1. The average Bonchev–Trinajstić information content (AvgIpc) is 1.61. The van der Waals surface area contributed by atoms with Crippen molar-refractivity contribution in [1.82, 2.24) is 50.7 Å². The minimum Gasteiger partial charge on any atom is -0.493 e. The highest BCUT2D eigenvalue weighted by Crippen LogP contribution is 2.44. The lowest BCUT2D eigenvalue weighted by atomic mass is 9.96. The van der Waals surface area contributed by atoms with Crippen molar-refractivity contribution in [3.05, 3.63) is 153 Å². The molecule has 11 rings (SSSR count). The van der Waals surface area contributed by atoms with Crippen LogP contribution in [0.4, 0.5) is 22.7 Å². The fraction of sp³-hybridized carbons (Fsp3) is 0.523. The molecule has 7 heterocycles. The summed E-state index contributed by atoms with van der Waals surface area (Å²) in [6, 6.07) is 11.1. The lowest BCUT2D eigenvalue weighted by Gasteiger charge is -2.27. The van der Waals surface area contributed by atoms with Gasteiger partial charge in [-0.25, -0.2) is 0 Å². The number of carbonyl (C=O) groups is 14. The molecule has 0 spiro atoms. The molecule has 806 valence electrons. The van der Waals surface area contributed by atoms with E-state index in [1.54, 1.807) is 71.6 Å². The molecule has 5 N–H and O–H groups in total. The largest absolute Gasteiger partial charge is 0.493 e.